The van der Waals surface area contributed by atoms with Gasteiger partial charge in [-0.3, -0.25) is 9.59 Å². The number of benzene rings is 2. The molecule has 1 aliphatic rings. The Morgan fingerprint density at radius 1 is 1.24 bits per heavy atom. The van der Waals surface area contributed by atoms with Crippen LogP contribution in [0.2, 0.25) is 0 Å². The van der Waals surface area contributed by atoms with Crippen molar-refractivity contribution in [2.24, 2.45) is 0 Å². The van der Waals surface area contributed by atoms with Crippen molar-refractivity contribution in [3.05, 3.63) is 59.4 Å². The lowest BCUT2D eigenvalue weighted by molar-refractivity contribution is -0.116. The third-order valence-corrected chi connectivity index (χ3v) is 5.57. The fourth-order valence-electron chi connectivity index (χ4n) is 3.06. The Morgan fingerprint density at radius 3 is 2.72 bits per heavy atom. The van der Waals surface area contributed by atoms with Gasteiger partial charge in [0.1, 0.15) is 5.82 Å². The van der Waals surface area contributed by atoms with Gasteiger partial charge in [0, 0.05) is 22.7 Å². The zero-order valence-electron chi connectivity index (χ0n) is 14.3. The van der Waals surface area contributed by atoms with Crippen molar-refractivity contribution in [2.75, 3.05) is 17.2 Å². The molecule has 1 amide bonds. The minimum absolute atomic E-state index is 0.0283. The average molecular weight is 357 g/mol. The molecule has 2 aromatic carbocycles. The lowest BCUT2D eigenvalue weighted by atomic mass is 9.91. The Hall–Kier alpha value is -2.14. The summed E-state index contributed by atoms with van der Waals surface area (Å²) < 4.78 is 14.1. The summed E-state index contributed by atoms with van der Waals surface area (Å²) in [6.45, 7) is 4.25. The Balaban J connectivity index is 1.72. The lowest BCUT2D eigenvalue weighted by Crippen LogP contribution is -2.37. The second-order valence-corrected chi connectivity index (χ2v) is 7.30. The number of hydrogen-bond acceptors (Lipinski definition) is 3. The van der Waals surface area contributed by atoms with Gasteiger partial charge in [-0.05, 0) is 43.0 Å². The van der Waals surface area contributed by atoms with Gasteiger partial charge in [0.15, 0.2) is 5.78 Å². The van der Waals surface area contributed by atoms with Gasteiger partial charge >= 0.3 is 0 Å². The van der Waals surface area contributed by atoms with Crippen LogP contribution in [-0.2, 0) is 4.79 Å². The van der Waals surface area contributed by atoms with E-state index in [2.05, 4.69) is 13.0 Å². The lowest BCUT2D eigenvalue weighted by Gasteiger charge is -2.32. The van der Waals surface area contributed by atoms with Gasteiger partial charge in [-0.15, -0.1) is 11.8 Å². The number of para-hydroxylation sites is 1. The summed E-state index contributed by atoms with van der Waals surface area (Å²) in [6.07, 6.45) is 0.926. The number of Topliss-reactive ketones (excluding diaryl/α,β-unsaturated/α-hetero) is 1. The number of nitrogens with zero attached hydrogens (tertiary/aromatic N) is 1. The molecular formula is C20H20FNO2S. The molecule has 0 saturated carbocycles. The zero-order chi connectivity index (χ0) is 18.0. The van der Waals surface area contributed by atoms with E-state index in [0.29, 0.717) is 22.9 Å². The molecule has 3 nitrogen and oxygen atoms in total. The fourth-order valence-corrected chi connectivity index (χ4v) is 3.86. The number of hydrogen-bond donors (Lipinski definition) is 0. The molecule has 1 aliphatic heterocycles. The zero-order valence-corrected chi connectivity index (χ0v) is 15.1. The maximum absolute atomic E-state index is 14.1. The molecule has 0 bridgehead atoms. The number of halogens is 1. The standard InChI is InChI=1S/C20H20FNO2S/c1-13-9-10-22(18-6-4-3-5-16(13)18)20(24)12-25-19-8-7-15(14(2)23)11-17(19)21/h3-8,11,13H,9-10,12H2,1-2H3. The van der Waals surface area contributed by atoms with E-state index < -0.39 is 5.82 Å². The normalized spacial score (nSPS) is 16.4. The first-order valence-corrected chi connectivity index (χ1v) is 9.28. The predicted molar refractivity (Wildman–Crippen MR) is 99.0 cm³/mol. The van der Waals surface area contributed by atoms with Gasteiger partial charge in [-0.2, -0.15) is 0 Å². The molecular weight excluding hydrogens is 337 g/mol. The van der Waals surface area contributed by atoms with Gasteiger partial charge in [0.25, 0.3) is 0 Å². The fraction of sp³-hybridized carbons (Fsp3) is 0.300. The van der Waals surface area contributed by atoms with E-state index in [1.54, 1.807) is 17.0 Å². The summed E-state index contributed by atoms with van der Waals surface area (Å²) in [7, 11) is 0. The van der Waals surface area contributed by atoms with Crippen LogP contribution in [0.1, 0.15) is 42.1 Å². The minimum Gasteiger partial charge on any atom is -0.311 e. The molecule has 0 aromatic heterocycles. The SMILES string of the molecule is CC(=O)c1ccc(SCC(=O)N2CCC(C)c3ccccc32)c(F)c1. The largest absolute Gasteiger partial charge is 0.311 e. The van der Waals surface area contributed by atoms with E-state index in [4.69, 9.17) is 0 Å². The summed E-state index contributed by atoms with van der Waals surface area (Å²) in [5, 5.41) is 0. The van der Waals surface area contributed by atoms with E-state index in [1.807, 2.05) is 18.2 Å². The van der Waals surface area contributed by atoms with Crippen LogP contribution in [0.25, 0.3) is 0 Å². The molecule has 0 spiro atoms. The highest BCUT2D eigenvalue weighted by Gasteiger charge is 2.26. The highest BCUT2D eigenvalue weighted by molar-refractivity contribution is 8.00. The van der Waals surface area contributed by atoms with Crippen molar-refractivity contribution in [1.82, 2.24) is 0 Å². The number of rotatable bonds is 4. The maximum Gasteiger partial charge on any atom is 0.237 e. The molecule has 1 atom stereocenters. The highest BCUT2D eigenvalue weighted by Crippen LogP contribution is 2.35. The summed E-state index contributed by atoms with van der Waals surface area (Å²) in [5.41, 5.74) is 2.48. The third kappa shape index (κ3) is 3.76. The third-order valence-electron chi connectivity index (χ3n) is 4.53. The van der Waals surface area contributed by atoms with Gasteiger partial charge in [-0.25, -0.2) is 4.39 Å². The smallest absolute Gasteiger partial charge is 0.237 e. The second-order valence-electron chi connectivity index (χ2n) is 6.28. The second kappa shape index (κ2) is 7.40. The summed E-state index contributed by atoms with van der Waals surface area (Å²) in [6, 6.07) is 12.3. The van der Waals surface area contributed by atoms with Crippen LogP contribution in [0.3, 0.4) is 0 Å². The summed E-state index contributed by atoms with van der Waals surface area (Å²) in [4.78, 5) is 26.1. The number of ketones is 1. The van der Waals surface area contributed by atoms with Crippen molar-refractivity contribution in [3.63, 3.8) is 0 Å². The van der Waals surface area contributed by atoms with Crippen molar-refractivity contribution in [1.29, 1.82) is 0 Å². The van der Waals surface area contributed by atoms with Crippen LogP contribution in [0, 0.1) is 5.82 Å². The molecule has 3 rings (SSSR count). The monoisotopic (exact) mass is 357 g/mol. The van der Waals surface area contributed by atoms with E-state index in [1.165, 1.54) is 30.3 Å². The van der Waals surface area contributed by atoms with Gasteiger partial charge in [0.05, 0.1) is 5.75 Å². The van der Waals surface area contributed by atoms with Crippen LogP contribution >= 0.6 is 11.8 Å². The molecule has 1 unspecified atom stereocenters. The minimum atomic E-state index is -0.460. The van der Waals surface area contributed by atoms with E-state index in [-0.39, 0.29) is 17.4 Å². The summed E-state index contributed by atoms with van der Waals surface area (Å²) in [5.74, 6) is -0.0633. The Kier molecular flexibility index (Phi) is 5.23. The molecule has 0 fully saturated rings. The van der Waals surface area contributed by atoms with Crippen molar-refractivity contribution in [2.45, 2.75) is 31.1 Å². The number of anilines is 1. The van der Waals surface area contributed by atoms with E-state index in [9.17, 15) is 14.0 Å². The van der Waals surface area contributed by atoms with Gasteiger partial charge in [0.2, 0.25) is 5.91 Å². The first-order valence-electron chi connectivity index (χ1n) is 8.30. The molecule has 0 N–H and O–H groups in total. The highest BCUT2D eigenvalue weighted by atomic mass is 32.2. The van der Waals surface area contributed by atoms with Gasteiger partial charge < -0.3 is 4.90 Å². The van der Waals surface area contributed by atoms with E-state index >= 15 is 0 Å². The van der Waals surface area contributed by atoms with Crippen molar-refractivity contribution in [3.8, 4) is 0 Å². The molecule has 0 saturated heterocycles. The van der Waals surface area contributed by atoms with Crippen molar-refractivity contribution >= 4 is 29.1 Å². The summed E-state index contributed by atoms with van der Waals surface area (Å²) >= 11 is 1.17. The predicted octanol–water partition coefficient (Wildman–Crippen LogP) is 4.66. The first kappa shape index (κ1) is 17.7. The quantitative estimate of drug-likeness (QED) is 0.590. The number of fused-ring (bicyclic) bond motifs is 1. The van der Waals surface area contributed by atoms with Crippen LogP contribution in [0.5, 0.6) is 0 Å². The average Bonchev–Trinajstić information content (AvgIpc) is 2.61. The molecule has 0 radical (unpaired) electrons. The first-order chi connectivity index (χ1) is 12.0. The molecule has 25 heavy (non-hydrogen) atoms. The van der Waals surface area contributed by atoms with Crippen LogP contribution in [-0.4, -0.2) is 24.0 Å². The number of thioether (sulfide) groups is 1. The topological polar surface area (TPSA) is 37.4 Å². The number of amides is 1. The number of carbonyl (C=O) groups excluding carboxylic acids is 2. The van der Waals surface area contributed by atoms with Crippen LogP contribution in [0.15, 0.2) is 47.4 Å². The van der Waals surface area contributed by atoms with Crippen LogP contribution in [0.4, 0.5) is 10.1 Å². The Labute approximate surface area is 151 Å². The number of carbonyl (C=O) groups is 2. The molecule has 130 valence electrons. The van der Waals surface area contributed by atoms with Gasteiger partial charge in [-0.1, -0.05) is 31.2 Å². The molecule has 0 aliphatic carbocycles. The van der Waals surface area contributed by atoms with Crippen LogP contribution < -0.4 is 4.90 Å². The van der Waals surface area contributed by atoms with E-state index in [0.717, 1.165) is 12.1 Å². The molecule has 1 heterocycles. The maximum atomic E-state index is 14.1. The molecule has 5 heteroatoms. The Bertz CT molecular complexity index is 821. The Morgan fingerprint density at radius 2 is 2.00 bits per heavy atom. The van der Waals surface area contributed by atoms with Crippen molar-refractivity contribution < 1.29 is 14.0 Å². The molecule has 2 aromatic rings.